The maximum Gasteiger partial charge on any atom is 0.0713 e. The number of aromatic nitrogens is 1. The predicted molar refractivity (Wildman–Crippen MR) is 57.6 cm³/mol. The molecule has 78 valence electrons. The smallest absolute Gasteiger partial charge is 0.0713 e. The Morgan fingerprint density at radius 3 is 2.86 bits per heavy atom. The van der Waals surface area contributed by atoms with Crippen molar-refractivity contribution in [1.82, 2.24) is 9.69 Å². The van der Waals surface area contributed by atoms with Crippen LogP contribution < -0.4 is 5.32 Å². The first-order chi connectivity index (χ1) is 6.70. The van der Waals surface area contributed by atoms with Crippen LogP contribution >= 0.6 is 11.5 Å². The summed E-state index contributed by atoms with van der Waals surface area (Å²) in [4.78, 5) is 0. The highest BCUT2D eigenvalue weighted by atomic mass is 32.1. The van der Waals surface area contributed by atoms with Crippen LogP contribution in [-0.2, 0) is 6.42 Å². The lowest BCUT2D eigenvalue weighted by Crippen LogP contribution is -2.43. The highest BCUT2D eigenvalue weighted by Gasteiger charge is 2.29. The molecular formula is C10H16N2OS. The molecule has 4 heteroatoms. The quantitative estimate of drug-likeness (QED) is 0.772. The minimum absolute atomic E-state index is 0.501. The Labute approximate surface area is 88.3 Å². The van der Waals surface area contributed by atoms with Crippen LogP contribution in [0, 0.1) is 6.92 Å². The van der Waals surface area contributed by atoms with Crippen LogP contribution in [0.4, 0.5) is 0 Å². The minimum atomic E-state index is -0.501. The van der Waals surface area contributed by atoms with Crippen LogP contribution in [-0.4, -0.2) is 28.2 Å². The summed E-state index contributed by atoms with van der Waals surface area (Å²) >= 11 is 1.48. The molecule has 2 rings (SSSR count). The minimum Gasteiger partial charge on any atom is -0.389 e. The van der Waals surface area contributed by atoms with Crippen LogP contribution in [0.25, 0.3) is 0 Å². The second-order valence-corrected chi connectivity index (χ2v) is 4.71. The number of hydrogen-bond acceptors (Lipinski definition) is 4. The molecule has 0 spiro atoms. The molecule has 0 unspecified atom stereocenters. The predicted octanol–water partition coefficient (Wildman–Crippen LogP) is 1.11. The van der Waals surface area contributed by atoms with Crippen molar-refractivity contribution >= 4 is 11.5 Å². The van der Waals surface area contributed by atoms with E-state index in [1.54, 1.807) is 0 Å². The van der Waals surface area contributed by atoms with Crippen molar-refractivity contribution in [3.05, 3.63) is 16.6 Å². The maximum atomic E-state index is 10.3. The van der Waals surface area contributed by atoms with Crippen LogP contribution in [0.3, 0.4) is 0 Å². The Morgan fingerprint density at radius 2 is 2.29 bits per heavy atom. The van der Waals surface area contributed by atoms with Gasteiger partial charge in [-0.3, -0.25) is 0 Å². The van der Waals surface area contributed by atoms with Gasteiger partial charge >= 0.3 is 0 Å². The summed E-state index contributed by atoms with van der Waals surface area (Å²) in [5, 5.41) is 15.6. The Bertz CT molecular complexity index is 305. The topological polar surface area (TPSA) is 45.2 Å². The van der Waals surface area contributed by atoms with Crippen molar-refractivity contribution < 1.29 is 5.11 Å². The number of aryl methyl sites for hydroxylation is 1. The molecule has 0 saturated carbocycles. The normalized spacial score (nSPS) is 21.0. The Hall–Kier alpha value is -0.450. The van der Waals surface area contributed by atoms with E-state index in [4.69, 9.17) is 0 Å². The van der Waals surface area contributed by atoms with Gasteiger partial charge < -0.3 is 10.4 Å². The van der Waals surface area contributed by atoms with Gasteiger partial charge in [-0.2, -0.15) is 4.37 Å². The third kappa shape index (κ3) is 2.13. The summed E-state index contributed by atoms with van der Waals surface area (Å²) in [5.74, 6) is 0. The molecule has 2 N–H and O–H groups in total. The zero-order valence-corrected chi connectivity index (χ0v) is 9.23. The van der Waals surface area contributed by atoms with Crippen LogP contribution in [0.2, 0.25) is 0 Å². The third-order valence-corrected chi connectivity index (χ3v) is 3.67. The summed E-state index contributed by atoms with van der Waals surface area (Å²) in [5.41, 5.74) is 1.78. The van der Waals surface area contributed by atoms with E-state index in [1.165, 1.54) is 17.1 Å². The number of piperidine rings is 1. The fourth-order valence-electron chi connectivity index (χ4n) is 1.91. The summed E-state index contributed by atoms with van der Waals surface area (Å²) in [7, 11) is 0. The van der Waals surface area contributed by atoms with Gasteiger partial charge in [0.1, 0.15) is 0 Å². The average molecular weight is 212 g/mol. The third-order valence-electron chi connectivity index (χ3n) is 2.90. The maximum absolute atomic E-state index is 10.3. The fraction of sp³-hybridized carbons (Fsp3) is 0.700. The van der Waals surface area contributed by atoms with Gasteiger partial charge in [-0.05, 0) is 50.0 Å². The van der Waals surface area contributed by atoms with Crippen molar-refractivity contribution in [2.75, 3.05) is 13.1 Å². The summed E-state index contributed by atoms with van der Waals surface area (Å²) in [6.45, 7) is 3.86. The number of aliphatic hydroxyl groups is 1. The van der Waals surface area contributed by atoms with E-state index in [2.05, 4.69) is 15.1 Å². The molecule has 1 aromatic heterocycles. The lowest BCUT2D eigenvalue weighted by Gasteiger charge is -2.32. The molecule has 0 aliphatic carbocycles. The molecule has 14 heavy (non-hydrogen) atoms. The van der Waals surface area contributed by atoms with E-state index >= 15 is 0 Å². The summed E-state index contributed by atoms with van der Waals surface area (Å²) in [6.07, 6.45) is 2.46. The van der Waals surface area contributed by atoms with Crippen molar-refractivity contribution in [2.24, 2.45) is 0 Å². The van der Waals surface area contributed by atoms with E-state index in [9.17, 15) is 5.11 Å². The largest absolute Gasteiger partial charge is 0.389 e. The molecule has 0 bridgehead atoms. The molecule has 1 fully saturated rings. The molecule has 1 aliphatic rings. The first-order valence-electron chi connectivity index (χ1n) is 5.03. The Kier molecular flexibility index (Phi) is 2.85. The zero-order valence-electron chi connectivity index (χ0n) is 8.42. The van der Waals surface area contributed by atoms with Gasteiger partial charge in [0.2, 0.25) is 0 Å². The summed E-state index contributed by atoms with van der Waals surface area (Å²) in [6, 6.07) is 0. The molecule has 2 heterocycles. The SMILES string of the molecule is Cc1nscc1CC1(O)CCNCC1. The molecule has 0 radical (unpaired) electrons. The van der Waals surface area contributed by atoms with Crippen LogP contribution in [0.5, 0.6) is 0 Å². The molecule has 0 aromatic carbocycles. The van der Waals surface area contributed by atoms with Crippen LogP contribution in [0.1, 0.15) is 24.1 Å². The lowest BCUT2D eigenvalue weighted by atomic mass is 9.86. The van der Waals surface area contributed by atoms with Gasteiger partial charge in [0.15, 0.2) is 0 Å². The molecule has 1 aromatic rings. The van der Waals surface area contributed by atoms with E-state index in [-0.39, 0.29) is 0 Å². The number of nitrogens with one attached hydrogen (secondary N) is 1. The second-order valence-electron chi connectivity index (χ2n) is 4.08. The first kappa shape index (κ1) is 10.1. The standard InChI is InChI=1S/C10H16N2OS/c1-8-9(7-14-12-8)6-10(13)2-4-11-5-3-10/h7,11,13H,2-6H2,1H3. The number of rotatable bonds is 2. The van der Waals surface area contributed by atoms with Gasteiger partial charge in [0.05, 0.1) is 11.3 Å². The average Bonchev–Trinajstić information content (AvgIpc) is 2.52. The van der Waals surface area contributed by atoms with Crippen molar-refractivity contribution in [2.45, 2.75) is 31.8 Å². The first-order valence-corrected chi connectivity index (χ1v) is 5.86. The van der Waals surface area contributed by atoms with E-state index in [1.807, 2.05) is 6.92 Å². The Balaban J connectivity index is 2.05. The lowest BCUT2D eigenvalue weighted by molar-refractivity contribution is 0.0108. The molecule has 1 saturated heterocycles. The van der Waals surface area contributed by atoms with E-state index < -0.39 is 5.60 Å². The number of hydrogen-bond donors (Lipinski definition) is 2. The van der Waals surface area contributed by atoms with Crippen molar-refractivity contribution in [3.63, 3.8) is 0 Å². The van der Waals surface area contributed by atoms with Crippen molar-refractivity contribution in [3.8, 4) is 0 Å². The van der Waals surface area contributed by atoms with Crippen molar-refractivity contribution in [1.29, 1.82) is 0 Å². The van der Waals surface area contributed by atoms with E-state index in [0.29, 0.717) is 0 Å². The molecule has 0 atom stereocenters. The van der Waals surface area contributed by atoms with Gasteiger partial charge in [0, 0.05) is 11.8 Å². The molecular weight excluding hydrogens is 196 g/mol. The van der Waals surface area contributed by atoms with Gasteiger partial charge in [0.25, 0.3) is 0 Å². The highest BCUT2D eigenvalue weighted by Crippen LogP contribution is 2.25. The zero-order chi connectivity index (χ0) is 10.0. The van der Waals surface area contributed by atoms with Gasteiger partial charge in [-0.15, -0.1) is 0 Å². The fourth-order valence-corrected chi connectivity index (χ4v) is 2.62. The van der Waals surface area contributed by atoms with E-state index in [0.717, 1.165) is 38.0 Å². The molecule has 0 amide bonds. The summed E-state index contributed by atoms with van der Waals surface area (Å²) < 4.78 is 4.23. The monoisotopic (exact) mass is 212 g/mol. The highest BCUT2D eigenvalue weighted by molar-refractivity contribution is 7.03. The molecule has 3 nitrogen and oxygen atoms in total. The van der Waals surface area contributed by atoms with Gasteiger partial charge in [-0.25, -0.2) is 0 Å². The van der Waals surface area contributed by atoms with Crippen LogP contribution in [0.15, 0.2) is 5.38 Å². The molecule has 1 aliphatic heterocycles. The number of nitrogens with zero attached hydrogens (tertiary/aromatic N) is 1. The van der Waals surface area contributed by atoms with Gasteiger partial charge in [-0.1, -0.05) is 0 Å². The second kappa shape index (κ2) is 3.96. The Morgan fingerprint density at radius 1 is 1.57 bits per heavy atom.